The van der Waals surface area contributed by atoms with E-state index < -0.39 is 14.8 Å². The highest BCUT2D eigenvalue weighted by atomic mass is 32.2. The molecular formula is C19H19NO6S. The van der Waals surface area contributed by atoms with Gasteiger partial charge in [0.15, 0.2) is 16.6 Å². The summed E-state index contributed by atoms with van der Waals surface area (Å²) in [5, 5.41) is 11.2. The molecule has 0 atom stereocenters. The Balaban J connectivity index is 1.62. The second-order valence-electron chi connectivity index (χ2n) is 6.95. The number of nitro benzene ring substituents is 1. The van der Waals surface area contributed by atoms with E-state index in [2.05, 4.69) is 0 Å². The molecule has 27 heavy (non-hydrogen) atoms. The number of hydrogen-bond acceptors (Lipinski definition) is 6. The summed E-state index contributed by atoms with van der Waals surface area (Å²) in [6, 6.07) is 8.47. The van der Waals surface area contributed by atoms with Gasteiger partial charge in [-0.3, -0.25) is 10.1 Å². The van der Waals surface area contributed by atoms with Gasteiger partial charge in [-0.1, -0.05) is 18.2 Å². The van der Waals surface area contributed by atoms with Crippen LogP contribution in [0.4, 0.5) is 5.69 Å². The number of ether oxygens (including phenoxy) is 2. The van der Waals surface area contributed by atoms with Crippen molar-refractivity contribution in [3.8, 4) is 5.75 Å². The minimum absolute atomic E-state index is 0.00266. The van der Waals surface area contributed by atoms with Crippen molar-refractivity contribution in [3.63, 3.8) is 0 Å². The van der Waals surface area contributed by atoms with Crippen LogP contribution >= 0.6 is 0 Å². The molecule has 8 heteroatoms. The Morgan fingerprint density at radius 1 is 1.04 bits per heavy atom. The fraction of sp³-hybridized carbons (Fsp3) is 0.368. The lowest BCUT2D eigenvalue weighted by Gasteiger charge is -2.20. The molecule has 2 aromatic rings. The zero-order valence-electron chi connectivity index (χ0n) is 14.6. The molecule has 0 aromatic heterocycles. The van der Waals surface area contributed by atoms with Crippen molar-refractivity contribution in [2.24, 2.45) is 0 Å². The highest BCUT2D eigenvalue weighted by Gasteiger charge is 2.25. The second kappa shape index (κ2) is 6.94. The summed E-state index contributed by atoms with van der Waals surface area (Å²) in [6.45, 7) is 0.164. The van der Waals surface area contributed by atoms with Crippen LogP contribution in [0.5, 0.6) is 5.75 Å². The average Bonchev–Trinajstić information content (AvgIpc) is 3.08. The fourth-order valence-electron chi connectivity index (χ4n) is 3.75. The molecule has 1 heterocycles. The van der Waals surface area contributed by atoms with Crippen LogP contribution in [0.3, 0.4) is 0 Å². The summed E-state index contributed by atoms with van der Waals surface area (Å²) >= 11 is 0. The van der Waals surface area contributed by atoms with Crippen molar-refractivity contribution in [2.45, 2.75) is 37.4 Å². The smallest absolute Gasteiger partial charge is 0.270 e. The van der Waals surface area contributed by atoms with Gasteiger partial charge in [0.1, 0.15) is 5.75 Å². The van der Waals surface area contributed by atoms with E-state index in [0.717, 1.165) is 24.8 Å². The summed E-state index contributed by atoms with van der Waals surface area (Å²) in [5.41, 5.74) is 3.90. The molecule has 0 fully saturated rings. The third-order valence-electron chi connectivity index (χ3n) is 4.91. The maximum atomic E-state index is 12.8. The normalized spacial score (nSPS) is 15.7. The van der Waals surface area contributed by atoms with E-state index in [-0.39, 0.29) is 30.6 Å². The molecule has 0 saturated carbocycles. The number of non-ortho nitro benzene ring substituents is 1. The first-order valence-corrected chi connectivity index (χ1v) is 10.6. The monoisotopic (exact) mass is 389 g/mol. The molecule has 2 aromatic carbocycles. The predicted molar refractivity (Wildman–Crippen MR) is 98.2 cm³/mol. The molecule has 4 rings (SSSR count). The van der Waals surface area contributed by atoms with Crippen LogP contribution in [-0.2, 0) is 45.5 Å². The third kappa shape index (κ3) is 3.81. The molecule has 1 aliphatic carbocycles. The Morgan fingerprint density at radius 2 is 1.85 bits per heavy atom. The van der Waals surface area contributed by atoms with Crippen LogP contribution in [0.2, 0.25) is 0 Å². The number of rotatable bonds is 5. The number of benzene rings is 2. The molecule has 0 amide bonds. The van der Waals surface area contributed by atoms with Crippen molar-refractivity contribution in [2.75, 3.05) is 6.79 Å². The van der Waals surface area contributed by atoms with Crippen LogP contribution in [0.25, 0.3) is 0 Å². The van der Waals surface area contributed by atoms with Crippen molar-refractivity contribution in [1.82, 2.24) is 0 Å². The molecule has 0 unspecified atom stereocenters. The fourth-order valence-corrected chi connectivity index (χ4v) is 5.23. The number of sulfone groups is 1. The molecule has 0 radical (unpaired) electrons. The van der Waals surface area contributed by atoms with E-state index in [4.69, 9.17) is 9.47 Å². The molecule has 0 bridgehead atoms. The summed E-state index contributed by atoms with van der Waals surface area (Å²) in [5.74, 6) is -0.0353. The number of nitrogens with zero attached hydrogens (tertiary/aromatic N) is 1. The van der Waals surface area contributed by atoms with Gasteiger partial charge in [-0.2, -0.15) is 0 Å². The molecule has 0 N–H and O–H groups in total. The van der Waals surface area contributed by atoms with Crippen LogP contribution < -0.4 is 4.74 Å². The van der Waals surface area contributed by atoms with Crippen LogP contribution in [-0.4, -0.2) is 20.1 Å². The first-order valence-electron chi connectivity index (χ1n) is 8.73. The lowest BCUT2D eigenvalue weighted by molar-refractivity contribution is -0.385. The summed E-state index contributed by atoms with van der Waals surface area (Å²) < 4.78 is 36.2. The first-order chi connectivity index (χ1) is 12.9. The van der Waals surface area contributed by atoms with Gasteiger partial charge in [0.25, 0.3) is 5.69 Å². The van der Waals surface area contributed by atoms with Crippen LogP contribution in [0, 0.1) is 10.1 Å². The molecule has 142 valence electrons. The first kappa shape index (κ1) is 17.9. The molecule has 1 aliphatic heterocycles. The van der Waals surface area contributed by atoms with Crippen LogP contribution in [0.15, 0.2) is 30.3 Å². The van der Waals surface area contributed by atoms with Crippen molar-refractivity contribution in [1.29, 1.82) is 0 Å². The average molecular weight is 389 g/mol. The number of hydrogen-bond donors (Lipinski definition) is 0. The van der Waals surface area contributed by atoms with Gasteiger partial charge in [0.05, 0.1) is 23.0 Å². The van der Waals surface area contributed by atoms with E-state index in [1.807, 2.05) is 18.2 Å². The Hall–Kier alpha value is -2.45. The van der Waals surface area contributed by atoms with Gasteiger partial charge in [-0.25, -0.2) is 8.42 Å². The topological polar surface area (TPSA) is 95.7 Å². The Kier molecular flexibility index (Phi) is 4.61. The van der Waals surface area contributed by atoms with Gasteiger partial charge in [0, 0.05) is 23.3 Å². The lowest BCUT2D eigenvalue weighted by atomic mass is 10.1. The Morgan fingerprint density at radius 3 is 2.67 bits per heavy atom. The van der Waals surface area contributed by atoms with E-state index in [1.54, 1.807) is 0 Å². The minimum atomic E-state index is -3.52. The van der Waals surface area contributed by atoms with Crippen LogP contribution in [0.1, 0.15) is 34.2 Å². The lowest BCUT2D eigenvalue weighted by Crippen LogP contribution is -2.16. The number of fused-ring (bicyclic) bond motifs is 2. The summed E-state index contributed by atoms with van der Waals surface area (Å²) in [4.78, 5) is 10.6. The largest absolute Gasteiger partial charge is 0.467 e. The quantitative estimate of drug-likeness (QED) is 0.576. The summed E-state index contributed by atoms with van der Waals surface area (Å²) in [7, 11) is -3.52. The highest BCUT2D eigenvalue weighted by Crippen LogP contribution is 2.34. The Bertz CT molecular complexity index is 1020. The van der Waals surface area contributed by atoms with Crippen molar-refractivity contribution in [3.05, 3.63) is 68.3 Å². The van der Waals surface area contributed by atoms with E-state index in [1.165, 1.54) is 23.3 Å². The van der Waals surface area contributed by atoms with Gasteiger partial charge in [0.2, 0.25) is 0 Å². The SMILES string of the molecule is O=[N+]([O-])c1cc2c(c(CS(=O)(=O)Cc3ccc4c(c3)CCC4)c1)OCOC2. The van der Waals surface area contributed by atoms with E-state index >= 15 is 0 Å². The standard InChI is InChI=1S/C19H19NO6S/c21-20(22)18-7-16-9-25-12-26-19(16)17(8-18)11-27(23,24)10-13-4-5-14-2-1-3-15(14)6-13/h4-8H,1-3,9-12H2. The maximum Gasteiger partial charge on any atom is 0.270 e. The van der Waals surface area contributed by atoms with E-state index in [0.29, 0.717) is 16.9 Å². The molecule has 7 nitrogen and oxygen atoms in total. The van der Waals surface area contributed by atoms with Crippen molar-refractivity contribution >= 4 is 15.5 Å². The number of aryl methyl sites for hydroxylation is 2. The highest BCUT2D eigenvalue weighted by molar-refractivity contribution is 7.89. The molecular weight excluding hydrogens is 370 g/mol. The molecule has 0 saturated heterocycles. The van der Waals surface area contributed by atoms with Gasteiger partial charge in [-0.15, -0.1) is 0 Å². The summed E-state index contributed by atoms with van der Waals surface area (Å²) in [6.07, 6.45) is 3.13. The molecule has 0 spiro atoms. The predicted octanol–water partition coefficient (Wildman–Crippen LogP) is 3.07. The third-order valence-corrected chi connectivity index (χ3v) is 6.43. The Labute approximate surface area is 157 Å². The van der Waals surface area contributed by atoms with Gasteiger partial charge >= 0.3 is 0 Å². The van der Waals surface area contributed by atoms with Gasteiger partial charge in [-0.05, 0) is 36.0 Å². The zero-order valence-corrected chi connectivity index (χ0v) is 15.5. The van der Waals surface area contributed by atoms with Gasteiger partial charge < -0.3 is 9.47 Å². The maximum absolute atomic E-state index is 12.8. The molecule has 2 aliphatic rings. The second-order valence-corrected chi connectivity index (χ2v) is 9.01. The zero-order chi connectivity index (χ0) is 19.0. The number of nitro groups is 1. The minimum Gasteiger partial charge on any atom is -0.467 e. The van der Waals surface area contributed by atoms with Crippen molar-refractivity contribution < 1.29 is 22.8 Å². The van der Waals surface area contributed by atoms with E-state index in [9.17, 15) is 18.5 Å².